The minimum Gasteiger partial charge on any atom is -0.756 e. The van der Waals surface area contributed by atoms with Gasteiger partial charge in [-0.2, -0.15) is 0 Å². The lowest BCUT2D eigenvalue weighted by Crippen LogP contribution is -2.46. The van der Waals surface area contributed by atoms with E-state index in [-0.39, 0.29) is 19.1 Å². The van der Waals surface area contributed by atoms with Crippen molar-refractivity contribution in [2.24, 2.45) is 0 Å². The van der Waals surface area contributed by atoms with Crippen LogP contribution in [-0.4, -0.2) is 68.5 Å². The number of hydrogen-bond donors (Lipinski definition) is 2. The van der Waals surface area contributed by atoms with Crippen LogP contribution < -0.4 is 10.2 Å². The molecule has 69 heavy (non-hydrogen) atoms. The van der Waals surface area contributed by atoms with E-state index in [9.17, 15) is 19.4 Å². The predicted molar refractivity (Wildman–Crippen MR) is 298 cm³/mol. The number of amides is 1. The van der Waals surface area contributed by atoms with Crippen molar-refractivity contribution in [3.63, 3.8) is 0 Å². The van der Waals surface area contributed by atoms with Crippen molar-refractivity contribution < 1.29 is 32.9 Å². The Morgan fingerprint density at radius 2 is 0.841 bits per heavy atom. The van der Waals surface area contributed by atoms with Gasteiger partial charge < -0.3 is 28.8 Å². The van der Waals surface area contributed by atoms with Crippen LogP contribution in [0.1, 0.15) is 290 Å². The molecule has 0 aromatic rings. The molecule has 0 aromatic carbocycles. The van der Waals surface area contributed by atoms with Gasteiger partial charge in [0.2, 0.25) is 5.91 Å². The molecule has 0 aliphatic heterocycles. The van der Waals surface area contributed by atoms with Crippen molar-refractivity contribution in [2.45, 2.75) is 302 Å². The summed E-state index contributed by atoms with van der Waals surface area (Å²) in [6, 6.07) is -0.795. The Balaban J connectivity index is 3.76. The number of aliphatic hydroxyl groups excluding tert-OH is 1. The molecule has 0 heterocycles. The predicted octanol–water partition coefficient (Wildman–Crippen LogP) is 17.5. The highest BCUT2D eigenvalue weighted by atomic mass is 31.2. The number of allylic oxidation sites excluding steroid dienone is 6. The Morgan fingerprint density at radius 3 is 1.22 bits per heavy atom. The number of quaternary nitrogens is 1. The lowest BCUT2D eigenvalue weighted by Gasteiger charge is -2.30. The average Bonchev–Trinajstić information content (AvgIpc) is 3.31. The number of phosphoric ester groups is 1. The van der Waals surface area contributed by atoms with E-state index in [0.717, 1.165) is 51.4 Å². The Kier molecular flexibility index (Phi) is 50.7. The summed E-state index contributed by atoms with van der Waals surface area (Å²) in [5, 5.41) is 13.9. The topological polar surface area (TPSA) is 108 Å². The van der Waals surface area contributed by atoms with Gasteiger partial charge in [0.1, 0.15) is 13.2 Å². The van der Waals surface area contributed by atoms with E-state index in [2.05, 4.69) is 55.6 Å². The molecule has 9 heteroatoms. The number of carbonyl (C=O) groups excluding carboxylic acids is 1. The van der Waals surface area contributed by atoms with Crippen molar-refractivity contribution in [1.29, 1.82) is 0 Å². The fraction of sp³-hybridized carbons (Fsp3) is 0.883. The van der Waals surface area contributed by atoms with Crippen LogP contribution in [0, 0.1) is 0 Å². The van der Waals surface area contributed by atoms with Gasteiger partial charge in [-0.3, -0.25) is 9.36 Å². The highest BCUT2D eigenvalue weighted by molar-refractivity contribution is 7.45. The number of phosphoric acid groups is 1. The summed E-state index contributed by atoms with van der Waals surface area (Å²) in [6.07, 6.45) is 66.6. The van der Waals surface area contributed by atoms with Crippen molar-refractivity contribution in [1.82, 2.24) is 5.32 Å². The number of nitrogens with zero attached hydrogens (tertiary/aromatic N) is 1. The summed E-state index contributed by atoms with van der Waals surface area (Å²) in [7, 11) is 1.31. The quantitative estimate of drug-likeness (QED) is 0.0272. The van der Waals surface area contributed by atoms with Gasteiger partial charge in [-0.15, -0.1) is 0 Å². The summed E-state index contributed by atoms with van der Waals surface area (Å²) in [5.74, 6) is -0.163. The van der Waals surface area contributed by atoms with E-state index >= 15 is 0 Å². The largest absolute Gasteiger partial charge is 0.756 e. The van der Waals surface area contributed by atoms with E-state index in [4.69, 9.17) is 9.05 Å². The summed E-state index contributed by atoms with van der Waals surface area (Å²) < 4.78 is 23.3. The first-order valence-corrected chi connectivity index (χ1v) is 31.3. The fourth-order valence-electron chi connectivity index (χ4n) is 8.93. The van der Waals surface area contributed by atoms with Crippen molar-refractivity contribution in [2.75, 3.05) is 40.9 Å². The van der Waals surface area contributed by atoms with Crippen LogP contribution in [0.25, 0.3) is 0 Å². The van der Waals surface area contributed by atoms with Crippen LogP contribution >= 0.6 is 7.82 Å². The first kappa shape index (κ1) is 67.7. The van der Waals surface area contributed by atoms with Crippen molar-refractivity contribution >= 4 is 13.7 Å². The normalized spacial score (nSPS) is 14.1. The molecule has 0 aromatic heterocycles. The molecule has 0 saturated carbocycles. The third-order valence-electron chi connectivity index (χ3n) is 13.6. The summed E-state index contributed by atoms with van der Waals surface area (Å²) in [5.41, 5.74) is 0. The number of rotatable bonds is 55. The number of likely N-dealkylation sites (N-methyl/N-ethyl adjacent to an activating group) is 1. The monoisotopic (exact) mass is 993 g/mol. The Morgan fingerprint density at radius 1 is 0.507 bits per heavy atom. The van der Waals surface area contributed by atoms with Gasteiger partial charge in [0.25, 0.3) is 7.82 Å². The Bertz CT molecular complexity index is 1220. The van der Waals surface area contributed by atoms with Gasteiger partial charge in [0.05, 0.1) is 39.9 Å². The van der Waals surface area contributed by atoms with Crippen LogP contribution in [0.3, 0.4) is 0 Å². The van der Waals surface area contributed by atoms with Crippen molar-refractivity contribution in [3.8, 4) is 0 Å². The molecule has 0 radical (unpaired) electrons. The maximum Gasteiger partial charge on any atom is 0.268 e. The number of unbranched alkanes of at least 4 members (excludes halogenated alkanes) is 36. The van der Waals surface area contributed by atoms with Gasteiger partial charge >= 0.3 is 0 Å². The Labute approximate surface area is 429 Å². The third kappa shape index (κ3) is 54.3. The molecule has 0 fully saturated rings. The molecule has 8 nitrogen and oxygen atoms in total. The zero-order valence-corrected chi connectivity index (χ0v) is 47.4. The van der Waals surface area contributed by atoms with Crippen LogP contribution in [0.2, 0.25) is 0 Å². The second-order valence-corrected chi connectivity index (χ2v) is 23.1. The van der Waals surface area contributed by atoms with E-state index in [1.54, 1.807) is 0 Å². The SMILES string of the molecule is CCCCCCC/C=C\C/C=C\C/C=C\CCCCCCCCCCCCCCCCCCCCCCCCCCC(=O)NC(COP(=O)([O-])OCC[N+](C)(C)C)C(O)CCCCCCCCCC. The Hall–Kier alpha value is -1.28. The van der Waals surface area contributed by atoms with Crippen LogP contribution in [0.5, 0.6) is 0 Å². The molecule has 408 valence electrons. The number of carbonyl (C=O) groups is 1. The molecule has 2 N–H and O–H groups in total. The third-order valence-corrected chi connectivity index (χ3v) is 14.6. The zero-order chi connectivity index (χ0) is 50.6. The highest BCUT2D eigenvalue weighted by Crippen LogP contribution is 2.38. The number of nitrogens with one attached hydrogen (secondary N) is 1. The van der Waals surface area contributed by atoms with Gasteiger partial charge in [0.15, 0.2) is 0 Å². The minimum atomic E-state index is -4.56. The highest BCUT2D eigenvalue weighted by Gasteiger charge is 2.24. The molecule has 0 aliphatic rings. The summed E-state index contributed by atoms with van der Waals surface area (Å²) in [4.78, 5) is 25.4. The fourth-order valence-corrected chi connectivity index (χ4v) is 9.66. The first-order valence-electron chi connectivity index (χ1n) is 29.8. The minimum absolute atomic E-state index is 0.0137. The molecule has 3 unspecified atom stereocenters. The lowest BCUT2D eigenvalue weighted by molar-refractivity contribution is -0.870. The molecule has 3 atom stereocenters. The van der Waals surface area contributed by atoms with E-state index in [1.165, 1.54) is 212 Å². The average molecular weight is 994 g/mol. The second kappa shape index (κ2) is 51.6. The summed E-state index contributed by atoms with van der Waals surface area (Å²) >= 11 is 0. The molecule has 1 amide bonds. The van der Waals surface area contributed by atoms with Crippen molar-refractivity contribution in [3.05, 3.63) is 36.5 Å². The standard InChI is InChI=1S/C60H117N2O6P/c1-6-8-10-12-14-16-17-18-19-20-21-22-23-24-25-26-27-28-29-30-31-32-33-34-35-36-37-38-39-40-41-42-43-44-45-46-48-50-52-54-60(64)61-58(57-68-69(65,66)67-56-55-62(3,4)5)59(63)53-51-49-47-15-13-11-9-7-2/h17-18,20-21,23-24,58-59,63H,6-16,19,22,25-57H2,1-5H3,(H-,61,64,65,66)/b18-17-,21-20-,24-23-. The van der Waals surface area contributed by atoms with Gasteiger partial charge in [-0.05, 0) is 51.4 Å². The van der Waals surface area contributed by atoms with Crippen LogP contribution in [-0.2, 0) is 18.4 Å². The lowest BCUT2D eigenvalue weighted by atomic mass is 10.0. The zero-order valence-electron chi connectivity index (χ0n) is 46.5. The van der Waals surface area contributed by atoms with Gasteiger partial charge in [-0.1, -0.05) is 269 Å². The number of aliphatic hydroxyl groups is 1. The molecule has 0 rings (SSSR count). The maximum atomic E-state index is 12.9. The van der Waals surface area contributed by atoms with Gasteiger partial charge in [0, 0.05) is 6.42 Å². The first-order chi connectivity index (χ1) is 33.5. The second-order valence-electron chi connectivity index (χ2n) is 21.7. The molecular formula is C60H117N2O6P. The molecule has 0 aliphatic carbocycles. The number of hydrogen-bond acceptors (Lipinski definition) is 6. The molecule has 0 bridgehead atoms. The maximum absolute atomic E-state index is 12.9. The van der Waals surface area contributed by atoms with Crippen LogP contribution in [0.4, 0.5) is 0 Å². The van der Waals surface area contributed by atoms with Gasteiger partial charge in [-0.25, -0.2) is 0 Å². The summed E-state index contributed by atoms with van der Waals surface area (Å²) in [6.45, 7) is 4.69. The van der Waals surface area contributed by atoms with E-state index in [1.807, 2.05) is 21.1 Å². The molecular weight excluding hydrogens is 876 g/mol. The smallest absolute Gasteiger partial charge is 0.268 e. The molecule has 0 saturated heterocycles. The van der Waals surface area contributed by atoms with E-state index < -0.39 is 20.0 Å². The van der Waals surface area contributed by atoms with Crippen LogP contribution in [0.15, 0.2) is 36.5 Å². The van der Waals surface area contributed by atoms with E-state index in [0.29, 0.717) is 23.9 Å². The molecule has 0 spiro atoms.